The number of phenolic OH excluding ortho intramolecular Hbond substituents is 1. The van der Waals surface area contributed by atoms with E-state index in [2.05, 4.69) is 15.5 Å². The molecule has 26 heavy (non-hydrogen) atoms. The van der Waals surface area contributed by atoms with Gasteiger partial charge in [0.25, 0.3) is 5.91 Å². The predicted molar refractivity (Wildman–Crippen MR) is 101 cm³/mol. The number of ether oxygens (including phenoxy) is 1. The van der Waals surface area contributed by atoms with Gasteiger partial charge < -0.3 is 9.84 Å². The zero-order valence-corrected chi connectivity index (χ0v) is 14.6. The molecule has 0 aliphatic heterocycles. The molecule has 6 heteroatoms. The summed E-state index contributed by atoms with van der Waals surface area (Å²) in [7, 11) is 1.48. The van der Waals surface area contributed by atoms with Crippen LogP contribution in [0.15, 0.2) is 53.6 Å². The van der Waals surface area contributed by atoms with E-state index in [1.165, 1.54) is 19.4 Å². The van der Waals surface area contributed by atoms with Crippen molar-refractivity contribution >= 4 is 23.0 Å². The molecule has 1 aromatic heterocycles. The number of rotatable bonds is 5. The Morgan fingerprint density at radius 2 is 2.08 bits per heavy atom. The van der Waals surface area contributed by atoms with Crippen LogP contribution in [0.4, 0.5) is 0 Å². The zero-order valence-electron chi connectivity index (χ0n) is 14.6. The van der Waals surface area contributed by atoms with Gasteiger partial charge in [-0.2, -0.15) is 5.10 Å². The first-order chi connectivity index (χ1) is 12.6. The maximum absolute atomic E-state index is 12.6. The number of para-hydroxylation sites is 1. The number of fused-ring (bicyclic) bond motifs is 1. The van der Waals surface area contributed by atoms with Crippen molar-refractivity contribution in [2.75, 3.05) is 7.11 Å². The number of nitrogens with zero attached hydrogens (tertiary/aromatic N) is 2. The summed E-state index contributed by atoms with van der Waals surface area (Å²) < 4.78 is 4.99. The molecule has 1 heterocycles. The lowest BCUT2D eigenvalue weighted by Gasteiger charge is -2.07. The molecule has 3 aromatic rings. The molecular weight excluding hydrogens is 330 g/mol. The van der Waals surface area contributed by atoms with Crippen LogP contribution in [0, 0.1) is 0 Å². The lowest BCUT2D eigenvalue weighted by molar-refractivity contribution is 0.0956. The van der Waals surface area contributed by atoms with E-state index in [4.69, 9.17) is 4.74 Å². The first-order valence-electron chi connectivity index (χ1n) is 8.21. The van der Waals surface area contributed by atoms with Crippen LogP contribution in [0.2, 0.25) is 0 Å². The van der Waals surface area contributed by atoms with Crippen molar-refractivity contribution in [1.82, 2.24) is 10.4 Å². The van der Waals surface area contributed by atoms with Crippen molar-refractivity contribution < 1.29 is 14.6 Å². The summed E-state index contributed by atoms with van der Waals surface area (Å²) in [5.74, 6) is 0.0734. The van der Waals surface area contributed by atoms with Gasteiger partial charge in [0.05, 0.1) is 24.4 Å². The van der Waals surface area contributed by atoms with E-state index in [0.29, 0.717) is 16.9 Å². The molecule has 0 saturated carbocycles. The van der Waals surface area contributed by atoms with Gasteiger partial charge in [-0.15, -0.1) is 0 Å². The summed E-state index contributed by atoms with van der Waals surface area (Å²) in [6.45, 7) is 1.99. The molecule has 0 fully saturated rings. The normalized spacial score (nSPS) is 11.0. The number of hydrogen-bond donors (Lipinski definition) is 2. The standard InChI is InChI=1S/C20H19N3O3/c1-3-14-11-16(15-6-4-5-7-17(15)22-14)20(25)23-21-12-13-8-9-19(26-2)18(24)10-13/h4-12,24H,3H2,1-2H3,(H,23,25)/b21-12-. The van der Waals surface area contributed by atoms with Gasteiger partial charge in [0.1, 0.15) is 0 Å². The molecule has 3 rings (SSSR count). The Bertz CT molecular complexity index is 983. The van der Waals surface area contributed by atoms with Gasteiger partial charge in [-0.1, -0.05) is 25.1 Å². The average Bonchev–Trinajstić information content (AvgIpc) is 2.67. The van der Waals surface area contributed by atoms with E-state index in [9.17, 15) is 9.90 Å². The van der Waals surface area contributed by atoms with Crippen molar-refractivity contribution in [2.45, 2.75) is 13.3 Å². The maximum Gasteiger partial charge on any atom is 0.272 e. The lowest BCUT2D eigenvalue weighted by atomic mass is 10.1. The molecule has 0 radical (unpaired) electrons. The number of hydrogen-bond acceptors (Lipinski definition) is 5. The highest BCUT2D eigenvalue weighted by atomic mass is 16.5. The summed E-state index contributed by atoms with van der Waals surface area (Å²) in [5.41, 5.74) is 5.32. The number of methoxy groups -OCH3 is 1. The molecule has 132 valence electrons. The number of nitrogens with one attached hydrogen (secondary N) is 1. The second kappa shape index (κ2) is 7.65. The van der Waals surface area contributed by atoms with Crippen LogP contribution in [-0.4, -0.2) is 29.3 Å². The molecule has 0 saturated heterocycles. The highest BCUT2D eigenvalue weighted by Gasteiger charge is 2.11. The van der Waals surface area contributed by atoms with Crippen LogP contribution in [0.5, 0.6) is 11.5 Å². The number of aromatic nitrogens is 1. The van der Waals surface area contributed by atoms with Gasteiger partial charge >= 0.3 is 0 Å². The molecule has 0 spiro atoms. The van der Waals surface area contributed by atoms with Gasteiger partial charge in [0.2, 0.25) is 0 Å². The Morgan fingerprint density at radius 3 is 2.81 bits per heavy atom. The van der Waals surface area contributed by atoms with Gasteiger partial charge in [0, 0.05) is 11.1 Å². The fourth-order valence-electron chi connectivity index (χ4n) is 2.61. The molecule has 0 atom stereocenters. The number of aromatic hydroxyl groups is 1. The summed E-state index contributed by atoms with van der Waals surface area (Å²) >= 11 is 0. The van der Waals surface area contributed by atoms with Crippen molar-refractivity contribution in [3.63, 3.8) is 0 Å². The Hall–Kier alpha value is -3.41. The average molecular weight is 349 g/mol. The fourth-order valence-corrected chi connectivity index (χ4v) is 2.61. The summed E-state index contributed by atoms with van der Waals surface area (Å²) in [4.78, 5) is 17.1. The maximum atomic E-state index is 12.6. The third-order valence-electron chi connectivity index (χ3n) is 3.96. The number of amides is 1. The second-order valence-electron chi connectivity index (χ2n) is 5.66. The van der Waals surface area contributed by atoms with Crippen LogP contribution in [-0.2, 0) is 6.42 Å². The molecule has 2 aromatic carbocycles. The minimum atomic E-state index is -0.313. The first kappa shape index (κ1) is 17.4. The van der Waals surface area contributed by atoms with E-state index >= 15 is 0 Å². The minimum Gasteiger partial charge on any atom is -0.504 e. The number of aryl methyl sites for hydroxylation is 1. The number of carbonyl (C=O) groups is 1. The number of carbonyl (C=O) groups excluding carboxylic acids is 1. The van der Waals surface area contributed by atoms with E-state index in [1.54, 1.807) is 18.2 Å². The van der Waals surface area contributed by atoms with Crippen molar-refractivity contribution in [3.8, 4) is 11.5 Å². The van der Waals surface area contributed by atoms with Crippen molar-refractivity contribution in [2.24, 2.45) is 5.10 Å². The van der Waals surface area contributed by atoms with Gasteiger partial charge in [-0.05, 0) is 42.3 Å². The number of pyridine rings is 1. The quantitative estimate of drug-likeness (QED) is 0.547. The minimum absolute atomic E-state index is 0.00971. The highest BCUT2D eigenvalue weighted by molar-refractivity contribution is 6.06. The molecule has 2 N–H and O–H groups in total. The molecule has 0 unspecified atom stereocenters. The largest absolute Gasteiger partial charge is 0.504 e. The summed E-state index contributed by atoms with van der Waals surface area (Å²) in [5, 5.41) is 14.5. The van der Waals surface area contributed by atoms with Gasteiger partial charge in [-0.3, -0.25) is 9.78 Å². The Balaban J connectivity index is 1.82. The number of phenols is 1. The van der Waals surface area contributed by atoms with E-state index < -0.39 is 0 Å². The van der Waals surface area contributed by atoms with Crippen LogP contribution >= 0.6 is 0 Å². The van der Waals surface area contributed by atoms with Crippen molar-refractivity contribution in [1.29, 1.82) is 0 Å². The van der Waals surface area contributed by atoms with Gasteiger partial charge in [0.15, 0.2) is 11.5 Å². The van der Waals surface area contributed by atoms with Crippen molar-refractivity contribution in [3.05, 3.63) is 65.4 Å². The predicted octanol–water partition coefficient (Wildman–Crippen LogP) is 3.28. The molecule has 0 aliphatic carbocycles. The molecule has 6 nitrogen and oxygen atoms in total. The topological polar surface area (TPSA) is 83.8 Å². The SMILES string of the molecule is CCc1cc(C(=O)N/N=C\c2ccc(OC)c(O)c2)c2ccccc2n1. The van der Waals surface area contributed by atoms with Crippen LogP contribution in [0.1, 0.15) is 28.5 Å². The number of benzene rings is 2. The highest BCUT2D eigenvalue weighted by Crippen LogP contribution is 2.25. The first-order valence-corrected chi connectivity index (χ1v) is 8.21. The Labute approximate surface area is 151 Å². The third-order valence-corrected chi connectivity index (χ3v) is 3.96. The van der Waals surface area contributed by atoms with Crippen LogP contribution in [0.25, 0.3) is 10.9 Å². The van der Waals surface area contributed by atoms with Gasteiger partial charge in [-0.25, -0.2) is 5.43 Å². The molecule has 1 amide bonds. The van der Waals surface area contributed by atoms with E-state index in [-0.39, 0.29) is 11.7 Å². The monoisotopic (exact) mass is 349 g/mol. The fraction of sp³-hybridized carbons (Fsp3) is 0.150. The Kier molecular flexibility index (Phi) is 5.12. The van der Waals surface area contributed by atoms with Crippen LogP contribution < -0.4 is 10.2 Å². The lowest BCUT2D eigenvalue weighted by Crippen LogP contribution is -2.18. The number of hydrazone groups is 1. The molecule has 0 bridgehead atoms. The summed E-state index contributed by atoms with van der Waals surface area (Å²) in [6.07, 6.45) is 2.20. The third kappa shape index (κ3) is 3.64. The van der Waals surface area contributed by atoms with Crippen LogP contribution in [0.3, 0.4) is 0 Å². The zero-order chi connectivity index (χ0) is 18.5. The smallest absolute Gasteiger partial charge is 0.272 e. The summed E-state index contributed by atoms with van der Waals surface area (Å²) in [6, 6.07) is 14.2. The van der Waals surface area contributed by atoms with E-state index in [0.717, 1.165) is 23.0 Å². The second-order valence-corrected chi connectivity index (χ2v) is 5.66. The Morgan fingerprint density at radius 1 is 1.27 bits per heavy atom. The molecular formula is C20H19N3O3. The van der Waals surface area contributed by atoms with E-state index in [1.807, 2.05) is 31.2 Å². The molecule has 0 aliphatic rings.